The third-order valence-corrected chi connectivity index (χ3v) is 5.83. The summed E-state index contributed by atoms with van der Waals surface area (Å²) in [5.41, 5.74) is 3.19. The van der Waals surface area contributed by atoms with Crippen LogP contribution in [0.3, 0.4) is 0 Å². The van der Waals surface area contributed by atoms with Gasteiger partial charge in [-0.25, -0.2) is 10.2 Å². The maximum absolute atomic E-state index is 12.5. The van der Waals surface area contributed by atoms with E-state index in [1.165, 1.54) is 71.1 Å². The van der Waals surface area contributed by atoms with Crippen LogP contribution in [0.1, 0.15) is 26.3 Å². The Bertz CT molecular complexity index is 1420. The minimum absolute atomic E-state index is 0.138. The second-order valence-corrected chi connectivity index (χ2v) is 8.66. The maximum Gasteiger partial charge on any atom is 0.345 e. The summed E-state index contributed by atoms with van der Waals surface area (Å²) < 4.78 is 26.4. The van der Waals surface area contributed by atoms with Crippen LogP contribution in [0.5, 0.6) is 28.7 Å². The molecule has 2 N–H and O–H groups in total. The van der Waals surface area contributed by atoms with Gasteiger partial charge in [-0.05, 0) is 54.1 Å². The highest BCUT2D eigenvalue weighted by Gasteiger charge is 2.18. The standard InChI is InChI=1S/C27H25Cl2N3O8/c1-36-21-9-15(5-8-20(21)40-27(35)18-7-6-17(28)12-19(18)29)13-31-32-24(33)14-30-26(34)16-10-22(37-2)25(39-4)23(11-16)38-3/h5-13H,14H2,1-4H3,(H,30,34)(H,32,33)/b31-13-. The SMILES string of the molecule is COc1cc(/C=N\NC(=O)CNC(=O)c2cc(OC)c(OC)c(OC)c2)ccc1OC(=O)c1ccc(Cl)cc1Cl. The quantitative estimate of drug-likeness (QED) is 0.148. The summed E-state index contributed by atoms with van der Waals surface area (Å²) in [6.45, 7) is -0.349. The molecule has 0 saturated heterocycles. The van der Waals surface area contributed by atoms with E-state index in [0.717, 1.165) is 0 Å². The largest absolute Gasteiger partial charge is 0.493 e. The first kappa shape index (κ1) is 30.1. The summed E-state index contributed by atoms with van der Waals surface area (Å²) in [4.78, 5) is 37.2. The zero-order valence-corrected chi connectivity index (χ0v) is 23.4. The van der Waals surface area contributed by atoms with Crippen molar-refractivity contribution in [2.45, 2.75) is 0 Å². The Morgan fingerprint density at radius 1 is 0.825 bits per heavy atom. The molecule has 0 bridgehead atoms. The van der Waals surface area contributed by atoms with Crippen LogP contribution in [0, 0.1) is 0 Å². The smallest absolute Gasteiger partial charge is 0.345 e. The van der Waals surface area contributed by atoms with Crippen LogP contribution in [0.2, 0.25) is 10.0 Å². The lowest BCUT2D eigenvalue weighted by atomic mass is 10.1. The molecular formula is C27H25Cl2N3O8. The van der Waals surface area contributed by atoms with Gasteiger partial charge in [-0.15, -0.1) is 0 Å². The van der Waals surface area contributed by atoms with Crippen molar-refractivity contribution in [3.8, 4) is 28.7 Å². The number of methoxy groups -OCH3 is 4. The number of nitrogens with zero attached hydrogens (tertiary/aromatic N) is 1. The number of hydrazone groups is 1. The van der Waals surface area contributed by atoms with Crippen LogP contribution in [0.15, 0.2) is 53.6 Å². The molecule has 0 aliphatic heterocycles. The van der Waals surface area contributed by atoms with E-state index in [1.807, 2.05) is 0 Å². The topological polar surface area (TPSA) is 134 Å². The first-order valence-electron chi connectivity index (χ1n) is 11.5. The van der Waals surface area contributed by atoms with Crippen LogP contribution in [-0.4, -0.2) is 59.0 Å². The van der Waals surface area contributed by atoms with Crippen LogP contribution in [0.25, 0.3) is 0 Å². The highest BCUT2D eigenvalue weighted by Crippen LogP contribution is 2.38. The summed E-state index contributed by atoms with van der Waals surface area (Å²) in [5.74, 6) is -0.482. The van der Waals surface area contributed by atoms with Gasteiger partial charge in [0.25, 0.3) is 11.8 Å². The van der Waals surface area contributed by atoms with Gasteiger partial charge in [0.1, 0.15) is 0 Å². The fourth-order valence-electron chi connectivity index (χ4n) is 3.35. The number of ether oxygens (including phenoxy) is 5. The number of rotatable bonds is 11. The molecule has 0 radical (unpaired) electrons. The highest BCUT2D eigenvalue weighted by atomic mass is 35.5. The molecule has 11 nitrogen and oxygen atoms in total. The van der Waals surface area contributed by atoms with E-state index >= 15 is 0 Å². The van der Waals surface area contributed by atoms with Gasteiger partial charge in [0, 0.05) is 10.6 Å². The molecule has 0 aliphatic carbocycles. The predicted octanol–water partition coefficient (Wildman–Crippen LogP) is 4.13. The summed E-state index contributed by atoms with van der Waals surface area (Å²) in [6.07, 6.45) is 1.35. The van der Waals surface area contributed by atoms with Crippen molar-refractivity contribution in [2.75, 3.05) is 35.0 Å². The molecule has 0 aromatic heterocycles. The summed E-state index contributed by atoms with van der Waals surface area (Å²) in [5, 5.41) is 6.90. The van der Waals surface area contributed by atoms with Crippen molar-refractivity contribution in [2.24, 2.45) is 5.10 Å². The van der Waals surface area contributed by atoms with E-state index in [0.29, 0.717) is 27.8 Å². The van der Waals surface area contributed by atoms with E-state index in [2.05, 4.69) is 15.8 Å². The van der Waals surface area contributed by atoms with E-state index in [-0.39, 0.29) is 34.2 Å². The first-order valence-corrected chi connectivity index (χ1v) is 12.2. The molecule has 0 unspecified atom stereocenters. The number of esters is 1. The number of benzene rings is 3. The van der Waals surface area contributed by atoms with Gasteiger partial charge in [-0.2, -0.15) is 5.10 Å². The van der Waals surface area contributed by atoms with E-state index in [1.54, 1.807) is 12.1 Å². The second-order valence-electron chi connectivity index (χ2n) is 7.81. The molecule has 210 valence electrons. The fraction of sp³-hybridized carbons (Fsp3) is 0.185. The number of hydrogen-bond acceptors (Lipinski definition) is 9. The third-order valence-electron chi connectivity index (χ3n) is 5.28. The van der Waals surface area contributed by atoms with Crippen molar-refractivity contribution in [1.82, 2.24) is 10.7 Å². The average molecular weight is 590 g/mol. The van der Waals surface area contributed by atoms with Gasteiger partial charge >= 0.3 is 5.97 Å². The van der Waals surface area contributed by atoms with Crippen molar-refractivity contribution >= 4 is 47.2 Å². The average Bonchev–Trinajstić information content (AvgIpc) is 2.95. The molecule has 3 aromatic rings. The van der Waals surface area contributed by atoms with Crippen molar-refractivity contribution in [3.05, 3.63) is 75.3 Å². The fourth-order valence-corrected chi connectivity index (χ4v) is 3.84. The zero-order chi connectivity index (χ0) is 29.2. The molecule has 0 atom stereocenters. The molecule has 40 heavy (non-hydrogen) atoms. The Hall–Kier alpha value is -4.48. The Labute approximate surface area is 239 Å². The Morgan fingerprint density at radius 2 is 1.50 bits per heavy atom. The minimum Gasteiger partial charge on any atom is -0.493 e. The van der Waals surface area contributed by atoms with Gasteiger partial charge in [-0.3, -0.25) is 9.59 Å². The first-order chi connectivity index (χ1) is 19.2. The number of nitrogens with one attached hydrogen (secondary N) is 2. The number of carbonyl (C=O) groups excluding carboxylic acids is 3. The van der Waals surface area contributed by atoms with Crippen molar-refractivity contribution < 1.29 is 38.1 Å². The number of amides is 2. The Morgan fingerprint density at radius 3 is 2.10 bits per heavy atom. The molecule has 0 aliphatic rings. The molecule has 2 amide bonds. The van der Waals surface area contributed by atoms with Gasteiger partial charge in [0.05, 0.1) is 51.8 Å². The maximum atomic E-state index is 12.5. The van der Waals surface area contributed by atoms with E-state index in [4.69, 9.17) is 46.9 Å². The molecule has 0 spiro atoms. The molecule has 0 heterocycles. The summed E-state index contributed by atoms with van der Waals surface area (Å²) >= 11 is 11.9. The van der Waals surface area contributed by atoms with Crippen LogP contribution in [-0.2, 0) is 4.79 Å². The number of carbonyl (C=O) groups is 3. The summed E-state index contributed by atoms with van der Waals surface area (Å²) in [6, 6.07) is 12.0. The Balaban J connectivity index is 1.58. The monoisotopic (exact) mass is 589 g/mol. The van der Waals surface area contributed by atoms with Crippen LogP contribution < -0.4 is 34.4 Å². The normalized spacial score (nSPS) is 10.6. The molecule has 0 fully saturated rings. The molecule has 3 rings (SSSR count). The molecular weight excluding hydrogens is 565 g/mol. The van der Waals surface area contributed by atoms with Crippen LogP contribution in [0.4, 0.5) is 0 Å². The minimum atomic E-state index is -0.692. The number of hydrogen-bond donors (Lipinski definition) is 2. The Kier molecular flexibility index (Phi) is 10.6. The molecule has 0 saturated carbocycles. The van der Waals surface area contributed by atoms with Crippen molar-refractivity contribution in [3.63, 3.8) is 0 Å². The van der Waals surface area contributed by atoms with E-state index in [9.17, 15) is 14.4 Å². The lowest BCUT2D eigenvalue weighted by Gasteiger charge is -2.14. The number of halogens is 2. The summed E-state index contributed by atoms with van der Waals surface area (Å²) in [7, 11) is 5.71. The van der Waals surface area contributed by atoms with Gasteiger partial charge in [0.2, 0.25) is 5.75 Å². The highest BCUT2D eigenvalue weighted by molar-refractivity contribution is 6.36. The van der Waals surface area contributed by atoms with Crippen LogP contribution >= 0.6 is 23.2 Å². The lowest BCUT2D eigenvalue weighted by molar-refractivity contribution is -0.120. The van der Waals surface area contributed by atoms with Gasteiger partial charge < -0.3 is 29.0 Å². The van der Waals surface area contributed by atoms with E-state index < -0.39 is 17.8 Å². The second kappa shape index (κ2) is 14.1. The molecule has 13 heteroatoms. The van der Waals surface area contributed by atoms with Gasteiger partial charge in [-0.1, -0.05) is 23.2 Å². The molecule has 3 aromatic carbocycles. The predicted molar refractivity (Wildman–Crippen MR) is 149 cm³/mol. The van der Waals surface area contributed by atoms with Gasteiger partial charge in [0.15, 0.2) is 23.0 Å². The third kappa shape index (κ3) is 7.55. The zero-order valence-electron chi connectivity index (χ0n) is 21.9. The van der Waals surface area contributed by atoms with Crippen molar-refractivity contribution in [1.29, 1.82) is 0 Å². The lowest BCUT2D eigenvalue weighted by Crippen LogP contribution is -2.34.